The minimum Gasteiger partial charge on any atom is -0.489 e. The maximum Gasteiger partial charge on any atom is 0.279 e. The summed E-state index contributed by atoms with van der Waals surface area (Å²) in [6.45, 7) is 0.113. The maximum absolute atomic E-state index is 13.7. The number of anilines is 1. The van der Waals surface area contributed by atoms with Crippen molar-refractivity contribution in [2.45, 2.75) is 18.9 Å². The van der Waals surface area contributed by atoms with E-state index in [0.29, 0.717) is 27.7 Å². The summed E-state index contributed by atoms with van der Waals surface area (Å²) in [4.78, 5) is 29.7. The van der Waals surface area contributed by atoms with Crippen molar-refractivity contribution in [2.75, 3.05) is 5.32 Å². The molecule has 0 aliphatic carbocycles. The summed E-state index contributed by atoms with van der Waals surface area (Å²) >= 11 is 1.34. The number of rotatable bonds is 4. The number of carbonyl (C=O) groups is 1. The number of aromatic nitrogens is 2. The van der Waals surface area contributed by atoms with Gasteiger partial charge in [-0.2, -0.15) is 4.98 Å². The van der Waals surface area contributed by atoms with Gasteiger partial charge in [0.15, 0.2) is 4.96 Å². The number of thiazole rings is 1. The first-order chi connectivity index (χ1) is 14.6. The molecule has 1 aliphatic rings. The van der Waals surface area contributed by atoms with Crippen LogP contribution in [0.2, 0.25) is 0 Å². The zero-order valence-electron chi connectivity index (χ0n) is 15.7. The average molecular weight is 421 g/mol. The van der Waals surface area contributed by atoms with Crippen molar-refractivity contribution >= 4 is 28.0 Å². The van der Waals surface area contributed by atoms with Crippen LogP contribution in [0.4, 0.5) is 10.2 Å². The van der Waals surface area contributed by atoms with E-state index in [-0.39, 0.29) is 30.3 Å². The summed E-state index contributed by atoms with van der Waals surface area (Å²) in [7, 11) is 0. The lowest BCUT2D eigenvalue weighted by Gasteiger charge is -2.25. The van der Waals surface area contributed by atoms with E-state index in [9.17, 15) is 14.0 Å². The Morgan fingerprint density at radius 1 is 1.17 bits per heavy atom. The first-order valence-electron chi connectivity index (χ1n) is 9.36. The third kappa shape index (κ3) is 3.25. The van der Waals surface area contributed by atoms with Crippen LogP contribution in [0.5, 0.6) is 5.75 Å². The predicted molar refractivity (Wildman–Crippen MR) is 112 cm³/mol. The van der Waals surface area contributed by atoms with E-state index in [1.807, 2.05) is 17.5 Å². The van der Waals surface area contributed by atoms with Crippen LogP contribution in [0.25, 0.3) is 4.96 Å². The number of hydrogen-bond acceptors (Lipinski definition) is 5. The molecule has 1 atom stereocenters. The standard InChI is InChI=1S/C22H16FN3O3S/c23-17-4-2-1-3-14(17)12-29-15-7-5-13(6-8-15)16-11-18(27)24-20-19(16)21(28)25-22-26(20)9-10-30-22/h1-10,16H,11-12H2,(H,24,27)/t16-/m1/s1. The number of hydrogen-bond donors (Lipinski definition) is 1. The second-order valence-electron chi connectivity index (χ2n) is 6.99. The Hall–Kier alpha value is -3.52. The van der Waals surface area contributed by atoms with E-state index in [4.69, 9.17) is 4.74 Å². The maximum atomic E-state index is 13.7. The third-order valence-electron chi connectivity index (χ3n) is 5.14. The first kappa shape index (κ1) is 18.5. The number of amides is 1. The summed E-state index contributed by atoms with van der Waals surface area (Å²) in [5, 5.41) is 4.63. The molecule has 0 unspecified atom stereocenters. The topological polar surface area (TPSA) is 72.7 Å². The zero-order valence-corrected chi connectivity index (χ0v) is 16.5. The van der Waals surface area contributed by atoms with Crippen molar-refractivity contribution in [3.63, 3.8) is 0 Å². The summed E-state index contributed by atoms with van der Waals surface area (Å²) < 4.78 is 21.2. The Bertz CT molecular complexity index is 1310. The van der Waals surface area contributed by atoms with Crippen molar-refractivity contribution in [3.05, 3.63) is 93.0 Å². The van der Waals surface area contributed by atoms with Gasteiger partial charge in [0, 0.05) is 29.5 Å². The van der Waals surface area contributed by atoms with Gasteiger partial charge in [-0.25, -0.2) is 4.39 Å². The van der Waals surface area contributed by atoms with Gasteiger partial charge in [-0.15, -0.1) is 11.3 Å². The van der Waals surface area contributed by atoms with Gasteiger partial charge in [0.05, 0.1) is 5.56 Å². The molecule has 6 nitrogen and oxygen atoms in total. The van der Waals surface area contributed by atoms with Crippen molar-refractivity contribution in [1.29, 1.82) is 0 Å². The highest BCUT2D eigenvalue weighted by atomic mass is 32.1. The van der Waals surface area contributed by atoms with Gasteiger partial charge in [-0.05, 0) is 23.8 Å². The molecule has 0 saturated carbocycles. The second kappa shape index (κ2) is 7.38. The number of carbonyl (C=O) groups excluding carboxylic acids is 1. The minimum atomic E-state index is -0.397. The predicted octanol–water partition coefficient (Wildman–Crippen LogP) is 3.95. The molecular formula is C22H16FN3O3S. The third-order valence-corrected chi connectivity index (χ3v) is 5.90. The van der Waals surface area contributed by atoms with Crippen LogP contribution in [0.15, 0.2) is 64.9 Å². The summed E-state index contributed by atoms with van der Waals surface area (Å²) in [5.74, 6) is 0.189. The van der Waals surface area contributed by atoms with Gasteiger partial charge in [0.25, 0.3) is 5.56 Å². The fourth-order valence-corrected chi connectivity index (χ4v) is 4.38. The molecule has 2 aromatic heterocycles. The molecule has 1 N–H and O–H groups in total. The molecule has 4 aromatic rings. The summed E-state index contributed by atoms with van der Waals surface area (Å²) in [6.07, 6.45) is 1.95. The van der Waals surface area contributed by atoms with E-state index < -0.39 is 5.92 Å². The van der Waals surface area contributed by atoms with Gasteiger partial charge >= 0.3 is 0 Å². The lowest BCUT2D eigenvalue weighted by Crippen LogP contribution is -2.31. The van der Waals surface area contributed by atoms with Crippen molar-refractivity contribution in [3.8, 4) is 5.75 Å². The fourth-order valence-electron chi connectivity index (χ4n) is 3.67. The van der Waals surface area contributed by atoms with Crippen LogP contribution in [-0.2, 0) is 11.4 Å². The van der Waals surface area contributed by atoms with Crippen LogP contribution in [0, 0.1) is 5.82 Å². The average Bonchev–Trinajstić information content (AvgIpc) is 3.21. The largest absolute Gasteiger partial charge is 0.489 e. The highest BCUT2D eigenvalue weighted by Gasteiger charge is 2.31. The molecule has 30 heavy (non-hydrogen) atoms. The number of nitrogens with one attached hydrogen (secondary N) is 1. The molecule has 0 spiro atoms. The Morgan fingerprint density at radius 3 is 2.77 bits per heavy atom. The van der Waals surface area contributed by atoms with Gasteiger partial charge in [0.1, 0.15) is 24.0 Å². The first-order valence-corrected chi connectivity index (χ1v) is 10.2. The molecule has 0 fully saturated rings. The monoisotopic (exact) mass is 421 g/mol. The highest BCUT2D eigenvalue weighted by molar-refractivity contribution is 7.15. The van der Waals surface area contributed by atoms with E-state index in [0.717, 1.165) is 5.56 Å². The molecule has 3 heterocycles. The van der Waals surface area contributed by atoms with E-state index in [1.165, 1.54) is 17.4 Å². The SMILES string of the molecule is O=C1C[C@H](c2ccc(OCc3ccccc3F)cc2)c2c(n3ccsc3nc2=O)N1. The molecule has 150 valence electrons. The number of benzene rings is 2. The lowest BCUT2D eigenvalue weighted by molar-refractivity contribution is -0.116. The Labute approximate surface area is 174 Å². The molecule has 8 heteroatoms. The molecular weight excluding hydrogens is 405 g/mol. The molecule has 0 saturated heterocycles. The number of ether oxygens (including phenoxy) is 1. The second-order valence-corrected chi connectivity index (χ2v) is 7.86. The Balaban J connectivity index is 1.45. The lowest BCUT2D eigenvalue weighted by atomic mass is 9.87. The zero-order chi connectivity index (χ0) is 20.7. The van der Waals surface area contributed by atoms with Crippen molar-refractivity contribution in [1.82, 2.24) is 9.38 Å². The molecule has 2 aromatic carbocycles. The van der Waals surface area contributed by atoms with Crippen LogP contribution < -0.4 is 15.6 Å². The van der Waals surface area contributed by atoms with Gasteiger partial charge in [-0.3, -0.25) is 14.0 Å². The highest BCUT2D eigenvalue weighted by Crippen LogP contribution is 2.36. The van der Waals surface area contributed by atoms with E-state index >= 15 is 0 Å². The molecule has 0 radical (unpaired) electrons. The molecule has 5 rings (SSSR count). The Kier molecular flexibility index (Phi) is 4.55. The fraction of sp³-hybridized carbons (Fsp3) is 0.136. The van der Waals surface area contributed by atoms with Gasteiger partial charge in [0.2, 0.25) is 5.91 Å². The Morgan fingerprint density at radius 2 is 1.97 bits per heavy atom. The normalized spacial score (nSPS) is 15.6. The van der Waals surface area contributed by atoms with Crippen LogP contribution in [-0.4, -0.2) is 15.3 Å². The van der Waals surface area contributed by atoms with Gasteiger partial charge < -0.3 is 10.1 Å². The number of fused-ring (bicyclic) bond motifs is 3. The van der Waals surface area contributed by atoms with E-state index in [1.54, 1.807) is 40.9 Å². The number of halogens is 1. The molecule has 0 bridgehead atoms. The molecule has 1 amide bonds. The van der Waals surface area contributed by atoms with Gasteiger partial charge in [-0.1, -0.05) is 30.3 Å². The van der Waals surface area contributed by atoms with Crippen LogP contribution in [0.3, 0.4) is 0 Å². The van der Waals surface area contributed by atoms with Crippen LogP contribution >= 0.6 is 11.3 Å². The van der Waals surface area contributed by atoms with E-state index in [2.05, 4.69) is 10.3 Å². The molecule has 1 aliphatic heterocycles. The quantitative estimate of drug-likeness (QED) is 0.542. The summed E-state index contributed by atoms with van der Waals surface area (Å²) in [6, 6.07) is 13.6. The smallest absolute Gasteiger partial charge is 0.279 e. The van der Waals surface area contributed by atoms with Crippen LogP contribution in [0.1, 0.15) is 29.0 Å². The van der Waals surface area contributed by atoms with Crippen molar-refractivity contribution < 1.29 is 13.9 Å². The minimum absolute atomic E-state index is 0.113. The van der Waals surface area contributed by atoms with Crippen molar-refractivity contribution in [2.24, 2.45) is 0 Å². The number of nitrogens with zero attached hydrogens (tertiary/aromatic N) is 2. The summed E-state index contributed by atoms with van der Waals surface area (Å²) in [5.41, 5.74) is 1.43.